The van der Waals surface area contributed by atoms with Crippen LogP contribution in [0.15, 0.2) is 0 Å². The Morgan fingerprint density at radius 3 is 2.58 bits per heavy atom. The highest BCUT2D eigenvalue weighted by atomic mass is 16.2. The van der Waals surface area contributed by atoms with Gasteiger partial charge in [-0.2, -0.15) is 0 Å². The first-order valence-corrected chi connectivity index (χ1v) is 7.62. The Morgan fingerprint density at radius 2 is 2.00 bits per heavy atom. The number of likely N-dealkylation sites (tertiary alicyclic amines) is 1. The molecule has 5 heteroatoms. The fraction of sp³-hybridized carbons (Fsp3) is 0.929. The molecule has 0 aromatic rings. The molecule has 1 saturated heterocycles. The molecular formula is C14H30N4O. The second-order valence-electron chi connectivity index (χ2n) is 5.40. The van der Waals surface area contributed by atoms with Crippen LogP contribution >= 0.6 is 0 Å². The Balaban J connectivity index is 2.10. The average molecular weight is 270 g/mol. The van der Waals surface area contributed by atoms with Crippen LogP contribution in [0.4, 0.5) is 0 Å². The lowest BCUT2D eigenvalue weighted by molar-refractivity contribution is -0.122. The predicted molar refractivity (Wildman–Crippen MR) is 79.1 cm³/mol. The molecule has 1 rings (SSSR count). The van der Waals surface area contributed by atoms with E-state index in [9.17, 15) is 4.79 Å². The van der Waals surface area contributed by atoms with Crippen LogP contribution in [-0.4, -0.2) is 67.6 Å². The Labute approximate surface area is 117 Å². The highest BCUT2D eigenvalue weighted by Gasteiger charge is 2.17. The van der Waals surface area contributed by atoms with E-state index < -0.39 is 0 Å². The molecule has 0 spiro atoms. The number of nitrogens with two attached hydrogens (primary N) is 1. The Bertz CT molecular complexity index is 252. The van der Waals surface area contributed by atoms with Crippen LogP contribution in [0, 0.1) is 0 Å². The Kier molecular flexibility index (Phi) is 8.02. The van der Waals surface area contributed by atoms with Gasteiger partial charge in [-0.05, 0) is 32.4 Å². The van der Waals surface area contributed by atoms with E-state index in [1.807, 2.05) is 0 Å². The van der Waals surface area contributed by atoms with Crippen molar-refractivity contribution < 1.29 is 4.79 Å². The molecule has 1 aliphatic heterocycles. The van der Waals surface area contributed by atoms with Crippen LogP contribution in [0.1, 0.15) is 33.1 Å². The van der Waals surface area contributed by atoms with Gasteiger partial charge < -0.3 is 16.0 Å². The van der Waals surface area contributed by atoms with Crippen molar-refractivity contribution in [3.05, 3.63) is 0 Å². The number of carbonyl (C=O) groups is 1. The molecule has 0 aromatic heterocycles. The maximum absolute atomic E-state index is 11.8. The second kappa shape index (κ2) is 9.28. The van der Waals surface area contributed by atoms with Gasteiger partial charge in [-0.15, -0.1) is 0 Å². The zero-order valence-corrected chi connectivity index (χ0v) is 12.5. The first-order chi connectivity index (χ1) is 9.15. The molecule has 1 amide bonds. The minimum atomic E-state index is 0.142. The van der Waals surface area contributed by atoms with Gasteiger partial charge in [0.15, 0.2) is 0 Å². The van der Waals surface area contributed by atoms with E-state index in [4.69, 9.17) is 5.73 Å². The SMILES string of the molecule is CCCN(CC)CCNC(=O)CN1CCC(N)CC1. The third kappa shape index (κ3) is 6.89. The molecule has 112 valence electrons. The average Bonchev–Trinajstić information content (AvgIpc) is 2.40. The summed E-state index contributed by atoms with van der Waals surface area (Å²) in [5.74, 6) is 0.142. The fourth-order valence-corrected chi connectivity index (χ4v) is 2.47. The van der Waals surface area contributed by atoms with E-state index in [1.54, 1.807) is 0 Å². The maximum atomic E-state index is 11.8. The summed E-state index contributed by atoms with van der Waals surface area (Å²) in [6.07, 6.45) is 3.18. The minimum Gasteiger partial charge on any atom is -0.354 e. The van der Waals surface area contributed by atoms with Crippen molar-refractivity contribution in [1.82, 2.24) is 15.1 Å². The molecule has 19 heavy (non-hydrogen) atoms. The number of hydrogen-bond acceptors (Lipinski definition) is 4. The quantitative estimate of drug-likeness (QED) is 0.664. The highest BCUT2D eigenvalue weighted by molar-refractivity contribution is 5.78. The van der Waals surface area contributed by atoms with Gasteiger partial charge in [-0.3, -0.25) is 9.69 Å². The van der Waals surface area contributed by atoms with Crippen LogP contribution in [0.2, 0.25) is 0 Å². The third-order valence-corrected chi connectivity index (χ3v) is 3.74. The number of hydrogen-bond donors (Lipinski definition) is 2. The largest absolute Gasteiger partial charge is 0.354 e. The van der Waals surface area contributed by atoms with E-state index in [-0.39, 0.29) is 5.91 Å². The molecule has 1 fully saturated rings. The maximum Gasteiger partial charge on any atom is 0.234 e. The summed E-state index contributed by atoms with van der Waals surface area (Å²) in [5.41, 5.74) is 5.85. The number of likely N-dealkylation sites (N-methyl/N-ethyl adjacent to an activating group) is 1. The summed E-state index contributed by atoms with van der Waals surface area (Å²) >= 11 is 0. The second-order valence-corrected chi connectivity index (χ2v) is 5.40. The molecule has 5 nitrogen and oxygen atoms in total. The summed E-state index contributed by atoms with van der Waals surface area (Å²) in [7, 11) is 0. The molecule has 0 bridgehead atoms. The van der Waals surface area contributed by atoms with Gasteiger partial charge in [-0.25, -0.2) is 0 Å². The number of nitrogens with zero attached hydrogens (tertiary/aromatic N) is 2. The number of rotatable bonds is 8. The van der Waals surface area contributed by atoms with Crippen molar-refractivity contribution >= 4 is 5.91 Å². The number of nitrogens with one attached hydrogen (secondary N) is 1. The van der Waals surface area contributed by atoms with Crippen molar-refractivity contribution in [1.29, 1.82) is 0 Å². The molecule has 0 radical (unpaired) electrons. The fourth-order valence-electron chi connectivity index (χ4n) is 2.47. The third-order valence-electron chi connectivity index (χ3n) is 3.74. The number of piperidine rings is 1. The lowest BCUT2D eigenvalue weighted by Gasteiger charge is -2.29. The molecule has 0 aliphatic carbocycles. The van der Waals surface area contributed by atoms with Gasteiger partial charge >= 0.3 is 0 Å². The van der Waals surface area contributed by atoms with Gasteiger partial charge in [0.2, 0.25) is 5.91 Å². The lowest BCUT2D eigenvalue weighted by Crippen LogP contribution is -2.45. The van der Waals surface area contributed by atoms with Gasteiger partial charge in [0.1, 0.15) is 0 Å². The van der Waals surface area contributed by atoms with Crippen LogP contribution in [0.5, 0.6) is 0 Å². The molecule has 0 atom stereocenters. The first-order valence-electron chi connectivity index (χ1n) is 7.62. The molecule has 0 aromatic carbocycles. The van der Waals surface area contributed by atoms with Crippen molar-refractivity contribution in [2.75, 3.05) is 45.8 Å². The molecule has 1 aliphatic rings. The highest BCUT2D eigenvalue weighted by Crippen LogP contribution is 2.07. The van der Waals surface area contributed by atoms with Gasteiger partial charge in [0.25, 0.3) is 0 Å². The van der Waals surface area contributed by atoms with Crippen LogP contribution in [0.3, 0.4) is 0 Å². The van der Waals surface area contributed by atoms with E-state index in [0.29, 0.717) is 12.6 Å². The number of amides is 1. The van der Waals surface area contributed by atoms with E-state index in [2.05, 4.69) is 29.0 Å². The normalized spacial score (nSPS) is 17.9. The van der Waals surface area contributed by atoms with Crippen LogP contribution < -0.4 is 11.1 Å². The Morgan fingerprint density at radius 1 is 1.32 bits per heavy atom. The smallest absolute Gasteiger partial charge is 0.234 e. The number of carbonyl (C=O) groups excluding carboxylic acids is 1. The molecule has 3 N–H and O–H groups in total. The van der Waals surface area contributed by atoms with Gasteiger partial charge in [-0.1, -0.05) is 13.8 Å². The summed E-state index contributed by atoms with van der Waals surface area (Å²) in [5, 5.41) is 3.01. The zero-order chi connectivity index (χ0) is 14.1. The van der Waals surface area contributed by atoms with Gasteiger partial charge in [0, 0.05) is 32.2 Å². The first kappa shape index (κ1) is 16.4. The Hall–Kier alpha value is -0.650. The monoisotopic (exact) mass is 270 g/mol. The summed E-state index contributed by atoms with van der Waals surface area (Å²) < 4.78 is 0. The van der Waals surface area contributed by atoms with Crippen molar-refractivity contribution in [3.8, 4) is 0 Å². The predicted octanol–water partition coefficient (Wildman–Crippen LogP) is 0.258. The standard InChI is InChI=1S/C14H30N4O/c1-3-8-17(4-2)11-7-16-14(19)12-18-9-5-13(15)6-10-18/h13H,3-12,15H2,1-2H3,(H,16,19). The zero-order valence-electron chi connectivity index (χ0n) is 12.5. The van der Waals surface area contributed by atoms with E-state index in [0.717, 1.165) is 58.5 Å². The van der Waals surface area contributed by atoms with Crippen molar-refractivity contribution in [2.45, 2.75) is 39.2 Å². The molecule has 0 unspecified atom stereocenters. The molecular weight excluding hydrogens is 240 g/mol. The van der Waals surface area contributed by atoms with E-state index in [1.165, 1.54) is 0 Å². The molecule has 1 heterocycles. The van der Waals surface area contributed by atoms with Gasteiger partial charge in [0.05, 0.1) is 6.54 Å². The van der Waals surface area contributed by atoms with Crippen molar-refractivity contribution in [2.24, 2.45) is 5.73 Å². The van der Waals surface area contributed by atoms with Crippen LogP contribution in [0.25, 0.3) is 0 Å². The summed E-state index contributed by atoms with van der Waals surface area (Å²) in [4.78, 5) is 16.4. The van der Waals surface area contributed by atoms with E-state index >= 15 is 0 Å². The molecule has 0 saturated carbocycles. The minimum absolute atomic E-state index is 0.142. The summed E-state index contributed by atoms with van der Waals surface area (Å²) in [6.45, 7) is 10.6. The summed E-state index contributed by atoms with van der Waals surface area (Å²) in [6, 6.07) is 0.325. The van der Waals surface area contributed by atoms with Crippen molar-refractivity contribution in [3.63, 3.8) is 0 Å². The lowest BCUT2D eigenvalue weighted by atomic mass is 10.1. The topological polar surface area (TPSA) is 61.6 Å². The van der Waals surface area contributed by atoms with Crippen LogP contribution in [-0.2, 0) is 4.79 Å².